The van der Waals surface area contributed by atoms with Crippen LogP contribution in [0.25, 0.3) is 21.5 Å². The number of esters is 1. The molecule has 0 aliphatic carbocycles. The third-order valence-corrected chi connectivity index (χ3v) is 4.22. The van der Waals surface area contributed by atoms with Crippen molar-refractivity contribution in [1.82, 2.24) is 9.97 Å². The third kappa shape index (κ3) is 2.91. The van der Waals surface area contributed by atoms with Gasteiger partial charge in [0.25, 0.3) is 0 Å². The number of carbonyl (C=O) groups excluding carboxylic acids is 2. The fraction of sp³-hybridized carbons (Fsp3) is 0.125. The van der Waals surface area contributed by atoms with E-state index < -0.39 is 5.97 Å². The van der Waals surface area contributed by atoms with E-state index in [1.807, 2.05) is 0 Å². The Kier molecular flexibility index (Phi) is 4.03. The zero-order chi connectivity index (χ0) is 16.4. The van der Waals surface area contributed by atoms with Crippen molar-refractivity contribution in [2.75, 3.05) is 12.3 Å². The van der Waals surface area contributed by atoms with Gasteiger partial charge < -0.3 is 10.5 Å². The number of rotatable bonds is 4. The quantitative estimate of drug-likeness (QED) is 0.585. The predicted molar refractivity (Wildman–Crippen MR) is 88.6 cm³/mol. The van der Waals surface area contributed by atoms with Crippen LogP contribution in [-0.2, 0) is 4.74 Å². The number of hydrogen-bond donors (Lipinski definition) is 1. The van der Waals surface area contributed by atoms with Gasteiger partial charge in [-0.05, 0) is 13.0 Å². The summed E-state index contributed by atoms with van der Waals surface area (Å²) in [5.41, 5.74) is 7.76. The van der Waals surface area contributed by atoms with E-state index in [-0.39, 0.29) is 5.95 Å². The molecule has 2 aromatic heterocycles. The van der Waals surface area contributed by atoms with Crippen molar-refractivity contribution in [3.63, 3.8) is 0 Å². The van der Waals surface area contributed by atoms with Crippen LogP contribution in [0.15, 0.2) is 30.3 Å². The van der Waals surface area contributed by atoms with Crippen LogP contribution >= 0.6 is 11.3 Å². The highest BCUT2D eigenvalue weighted by Crippen LogP contribution is 2.32. The van der Waals surface area contributed by atoms with E-state index in [2.05, 4.69) is 9.97 Å². The molecule has 23 heavy (non-hydrogen) atoms. The van der Waals surface area contributed by atoms with Gasteiger partial charge in [-0.2, -0.15) is 0 Å². The van der Waals surface area contributed by atoms with Gasteiger partial charge in [0.1, 0.15) is 16.0 Å². The number of anilines is 1. The summed E-state index contributed by atoms with van der Waals surface area (Å²) in [6, 6.07) is 8.68. The minimum absolute atomic E-state index is 0.129. The summed E-state index contributed by atoms with van der Waals surface area (Å²) in [4.78, 5) is 32.2. The van der Waals surface area contributed by atoms with Gasteiger partial charge in [0, 0.05) is 16.5 Å². The maximum atomic E-state index is 11.9. The van der Waals surface area contributed by atoms with Crippen LogP contribution in [-0.4, -0.2) is 28.8 Å². The van der Waals surface area contributed by atoms with Gasteiger partial charge in [-0.1, -0.05) is 24.3 Å². The lowest BCUT2D eigenvalue weighted by Crippen LogP contribution is -2.01. The van der Waals surface area contributed by atoms with Crippen LogP contribution in [0.2, 0.25) is 0 Å². The van der Waals surface area contributed by atoms with Crippen LogP contribution in [0, 0.1) is 0 Å². The Morgan fingerprint density at radius 3 is 2.70 bits per heavy atom. The Labute approximate surface area is 135 Å². The van der Waals surface area contributed by atoms with Gasteiger partial charge in [0.05, 0.1) is 12.3 Å². The summed E-state index contributed by atoms with van der Waals surface area (Å²) in [5.74, 6) is -0.263. The first kappa shape index (κ1) is 15.1. The molecule has 7 heteroatoms. The van der Waals surface area contributed by atoms with Gasteiger partial charge in [-0.25, -0.2) is 14.8 Å². The second kappa shape index (κ2) is 6.13. The first-order chi connectivity index (χ1) is 11.1. The fourth-order valence-electron chi connectivity index (χ4n) is 2.18. The molecule has 3 rings (SSSR count). The molecule has 2 heterocycles. The molecule has 0 saturated heterocycles. The molecular formula is C16H13N3O3S. The molecule has 0 aliphatic heterocycles. The summed E-state index contributed by atoms with van der Waals surface area (Å²) in [5, 5.41) is 0.728. The number of aldehydes is 1. The molecule has 0 bridgehead atoms. The molecule has 0 aliphatic rings. The van der Waals surface area contributed by atoms with Crippen LogP contribution in [0.3, 0.4) is 0 Å². The Balaban J connectivity index is 2.15. The predicted octanol–water partition coefficient (Wildman–Crippen LogP) is 2.93. The van der Waals surface area contributed by atoms with Crippen molar-refractivity contribution in [3.8, 4) is 11.3 Å². The lowest BCUT2D eigenvalue weighted by Gasteiger charge is -2.04. The topological polar surface area (TPSA) is 95.2 Å². The maximum absolute atomic E-state index is 11.9. The minimum Gasteiger partial charge on any atom is -0.462 e. The van der Waals surface area contributed by atoms with Crippen LogP contribution < -0.4 is 5.73 Å². The van der Waals surface area contributed by atoms with E-state index in [1.165, 1.54) is 11.3 Å². The summed E-state index contributed by atoms with van der Waals surface area (Å²) in [7, 11) is 0. The van der Waals surface area contributed by atoms with Gasteiger partial charge in [0.2, 0.25) is 5.95 Å². The Hall–Kier alpha value is -2.80. The standard InChI is InChI=1S/C16H13N3O3S/c1-2-22-15(21)12-7-11-13(18-16(17)19-14(11)23-12)10-5-3-9(8-20)4-6-10/h3-8H,2H2,1H3,(H2,17,18,19). The van der Waals surface area contributed by atoms with Gasteiger partial charge >= 0.3 is 5.97 Å². The maximum Gasteiger partial charge on any atom is 0.348 e. The molecular weight excluding hydrogens is 314 g/mol. The number of fused-ring (bicyclic) bond motifs is 1. The minimum atomic E-state index is -0.392. The van der Waals surface area contributed by atoms with Crippen LogP contribution in [0.4, 0.5) is 5.95 Å². The SMILES string of the molecule is CCOC(=O)c1cc2c(-c3ccc(C=O)cc3)nc(N)nc2s1. The molecule has 0 unspecified atom stereocenters. The average molecular weight is 327 g/mol. The second-order valence-corrected chi connectivity index (χ2v) is 5.75. The van der Waals surface area contributed by atoms with Crippen molar-refractivity contribution in [2.24, 2.45) is 0 Å². The van der Waals surface area contributed by atoms with Crippen molar-refractivity contribution >= 4 is 39.8 Å². The third-order valence-electron chi connectivity index (χ3n) is 3.21. The number of nitrogens with two attached hydrogens (primary N) is 1. The highest BCUT2D eigenvalue weighted by Gasteiger charge is 2.17. The zero-order valence-electron chi connectivity index (χ0n) is 12.3. The first-order valence-electron chi connectivity index (χ1n) is 6.92. The number of benzene rings is 1. The van der Waals surface area contributed by atoms with E-state index in [1.54, 1.807) is 37.3 Å². The number of carbonyl (C=O) groups is 2. The van der Waals surface area contributed by atoms with E-state index in [9.17, 15) is 9.59 Å². The first-order valence-corrected chi connectivity index (χ1v) is 7.73. The van der Waals surface area contributed by atoms with Crippen molar-refractivity contribution in [1.29, 1.82) is 0 Å². The number of nitrogens with zero attached hydrogens (tertiary/aromatic N) is 2. The van der Waals surface area contributed by atoms with E-state index in [4.69, 9.17) is 10.5 Å². The smallest absolute Gasteiger partial charge is 0.348 e. The molecule has 0 spiro atoms. The van der Waals surface area contributed by atoms with Crippen LogP contribution in [0.5, 0.6) is 0 Å². The zero-order valence-corrected chi connectivity index (χ0v) is 13.1. The highest BCUT2D eigenvalue weighted by atomic mass is 32.1. The normalized spacial score (nSPS) is 10.7. The number of nitrogen functional groups attached to an aromatic ring is 1. The molecule has 0 atom stereocenters. The number of hydrogen-bond acceptors (Lipinski definition) is 7. The summed E-state index contributed by atoms with van der Waals surface area (Å²) in [6.45, 7) is 2.06. The Morgan fingerprint density at radius 1 is 1.30 bits per heavy atom. The molecule has 0 saturated carbocycles. The van der Waals surface area contributed by atoms with Crippen molar-refractivity contribution in [2.45, 2.75) is 6.92 Å². The van der Waals surface area contributed by atoms with Crippen molar-refractivity contribution < 1.29 is 14.3 Å². The van der Waals surface area contributed by atoms with Crippen molar-refractivity contribution in [3.05, 3.63) is 40.8 Å². The average Bonchev–Trinajstić information content (AvgIpc) is 2.98. The van der Waals surface area contributed by atoms with E-state index in [0.29, 0.717) is 27.6 Å². The Morgan fingerprint density at radius 2 is 2.04 bits per heavy atom. The highest BCUT2D eigenvalue weighted by molar-refractivity contribution is 7.20. The van der Waals surface area contributed by atoms with Crippen LogP contribution in [0.1, 0.15) is 27.0 Å². The molecule has 116 valence electrons. The summed E-state index contributed by atoms with van der Waals surface area (Å²) in [6.07, 6.45) is 0.775. The van der Waals surface area contributed by atoms with Gasteiger partial charge in [-0.15, -0.1) is 11.3 Å². The Bertz CT molecular complexity index is 887. The van der Waals surface area contributed by atoms with E-state index >= 15 is 0 Å². The largest absolute Gasteiger partial charge is 0.462 e. The molecule has 6 nitrogen and oxygen atoms in total. The summed E-state index contributed by atoms with van der Waals surface area (Å²) >= 11 is 1.21. The lowest BCUT2D eigenvalue weighted by atomic mass is 10.1. The molecule has 0 fully saturated rings. The van der Waals surface area contributed by atoms with Gasteiger partial charge in [-0.3, -0.25) is 4.79 Å². The number of aromatic nitrogens is 2. The van der Waals surface area contributed by atoms with Gasteiger partial charge in [0.15, 0.2) is 0 Å². The summed E-state index contributed by atoms with van der Waals surface area (Å²) < 4.78 is 5.02. The van der Waals surface area contributed by atoms with E-state index in [0.717, 1.165) is 17.2 Å². The number of ether oxygens (including phenoxy) is 1. The molecule has 2 N–H and O–H groups in total. The molecule has 3 aromatic rings. The molecule has 1 aromatic carbocycles. The molecule has 0 radical (unpaired) electrons. The second-order valence-electron chi connectivity index (χ2n) is 4.72. The molecule has 0 amide bonds. The number of thiophene rings is 1. The fourth-order valence-corrected chi connectivity index (χ4v) is 3.11. The lowest BCUT2D eigenvalue weighted by molar-refractivity contribution is 0.0532. The monoisotopic (exact) mass is 327 g/mol.